The maximum Gasteiger partial charge on any atom is 0.145 e. The maximum atomic E-state index is 13.9. The number of halogens is 2. The fraction of sp³-hybridized carbons (Fsp3) is 0.400. The molecule has 3 nitrogen and oxygen atoms in total. The van der Waals surface area contributed by atoms with Crippen LogP contribution in [-0.2, 0) is 19.4 Å². The molecule has 0 radical (unpaired) electrons. The molecule has 20 heavy (non-hydrogen) atoms. The zero-order valence-corrected chi connectivity index (χ0v) is 12.5. The van der Waals surface area contributed by atoms with E-state index in [0.717, 1.165) is 24.4 Å². The van der Waals surface area contributed by atoms with Gasteiger partial charge in [0.2, 0.25) is 0 Å². The molecule has 2 aromatic rings. The van der Waals surface area contributed by atoms with Crippen LogP contribution in [0.25, 0.3) is 0 Å². The van der Waals surface area contributed by atoms with Gasteiger partial charge < -0.3 is 5.73 Å². The summed E-state index contributed by atoms with van der Waals surface area (Å²) >= 11 is 5.80. The minimum absolute atomic E-state index is 0.132. The van der Waals surface area contributed by atoms with Crippen LogP contribution in [-0.4, -0.2) is 9.78 Å². The third kappa shape index (κ3) is 3.02. The topological polar surface area (TPSA) is 43.8 Å². The van der Waals surface area contributed by atoms with Gasteiger partial charge in [-0.3, -0.25) is 4.68 Å². The van der Waals surface area contributed by atoms with Crippen molar-refractivity contribution in [2.45, 2.75) is 39.3 Å². The molecule has 2 N–H and O–H groups in total. The minimum atomic E-state index is -0.386. The van der Waals surface area contributed by atoms with Crippen molar-refractivity contribution in [3.63, 3.8) is 0 Å². The van der Waals surface area contributed by atoms with Gasteiger partial charge in [0.1, 0.15) is 5.82 Å². The summed E-state index contributed by atoms with van der Waals surface area (Å²) in [5, 5.41) is 4.60. The van der Waals surface area contributed by atoms with Crippen LogP contribution >= 0.6 is 11.6 Å². The SMILES string of the molecule is CCc1cc(C(N)Cc2cccc(Cl)c2F)n(CC)n1. The lowest BCUT2D eigenvalue weighted by Gasteiger charge is -2.14. The summed E-state index contributed by atoms with van der Waals surface area (Å²) < 4.78 is 15.8. The Morgan fingerprint density at radius 1 is 1.40 bits per heavy atom. The second kappa shape index (κ2) is 6.37. The summed E-state index contributed by atoms with van der Waals surface area (Å²) in [4.78, 5) is 0. The lowest BCUT2D eigenvalue weighted by Crippen LogP contribution is -2.18. The minimum Gasteiger partial charge on any atom is -0.322 e. The molecule has 0 bridgehead atoms. The third-order valence-electron chi connectivity index (χ3n) is 3.37. The molecular weight excluding hydrogens is 277 g/mol. The Balaban J connectivity index is 2.25. The van der Waals surface area contributed by atoms with Crippen LogP contribution in [0.2, 0.25) is 5.02 Å². The number of nitrogens with two attached hydrogens (primary N) is 1. The van der Waals surface area contributed by atoms with Gasteiger partial charge >= 0.3 is 0 Å². The molecule has 0 saturated carbocycles. The zero-order valence-electron chi connectivity index (χ0n) is 11.7. The van der Waals surface area contributed by atoms with Crippen molar-refractivity contribution in [1.29, 1.82) is 0 Å². The number of rotatable bonds is 5. The molecule has 1 heterocycles. The summed E-state index contributed by atoms with van der Waals surface area (Å²) in [6.45, 7) is 4.82. The first-order chi connectivity index (χ1) is 9.56. The van der Waals surface area contributed by atoms with E-state index in [0.29, 0.717) is 12.0 Å². The molecule has 0 fully saturated rings. The van der Waals surface area contributed by atoms with Crippen LogP contribution in [0.4, 0.5) is 4.39 Å². The van der Waals surface area contributed by atoms with E-state index in [-0.39, 0.29) is 16.9 Å². The first-order valence-electron chi connectivity index (χ1n) is 6.81. The Hall–Kier alpha value is -1.39. The predicted molar refractivity (Wildman–Crippen MR) is 79.3 cm³/mol. The summed E-state index contributed by atoms with van der Waals surface area (Å²) in [5.41, 5.74) is 8.69. The lowest BCUT2D eigenvalue weighted by molar-refractivity contribution is 0.549. The molecule has 0 amide bonds. The van der Waals surface area contributed by atoms with Crippen LogP contribution < -0.4 is 5.73 Å². The number of hydrogen-bond acceptors (Lipinski definition) is 2. The van der Waals surface area contributed by atoms with E-state index < -0.39 is 0 Å². The molecule has 0 spiro atoms. The molecule has 0 aliphatic carbocycles. The van der Waals surface area contributed by atoms with E-state index >= 15 is 0 Å². The van der Waals surface area contributed by atoms with Gasteiger partial charge in [0, 0.05) is 6.54 Å². The summed E-state index contributed by atoms with van der Waals surface area (Å²) in [7, 11) is 0. The fourth-order valence-corrected chi connectivity index (χ4v) is 2.45. The largest absolute Gasteiger partial charge is 0.322 e. The predicted octanol–water partition coefficient (Wildman–Crippen LogP) is 3.50. The second-order valence-corrected chi connectivity index (χ2v) is 5.16. The van der Waals surface area contributed by atoms with E-state index in [2.05, 4.69) is 5.10 Å². The van der Waals surface area contributed by atoms with Gasteiger partial charge in [0.25, 0.3) is 0 Å². The van der Waals surface area contributed by atoms with Gasteiger partial charge in [-0.2, -0.15) is 5.10 Å². The third-order valence-corrected chi connectivity index (χ3v) is 3.67. The molecule has 0 saturated heterocycles. The second-order valence-electron chi connectivity index (χ2n) is 4.75. The van der Waals surface area contributed by atoms with Crippen molar-refractivity contribution >= 4 is 11.6 Å². The maximum absolute atomic E-state index is 13.9. The Kier molecular flexibility index (Phi) is 4.78. The first kappa shape index (κ1) is 15.0. The molecule has 1 aromatic carbocycles. The fourth-order valence-electron chi connectivity index (χ4n) is 2.26. The molecular formula is C15H19ClFN3. The van der Waals surface area contributed by atoms with E-state index in [4.69, 9.17) is 17.3 Å². The van der Waals surface area contributed by atoms with Crippen LogP contribution in [0.15, 0.2) is 24.3 Å². The summed E-state index contributed by atoms with van der Waals surface area (Å²) in [6.07, 6.45) is 1.26. The number of aromatic nitrogens is 2. The van der Waals surface area contributed by atoms with E-state index in [1.807, 2.05) is 24.6 Å². The van der Waals surface area contributed by atoms with Gasteiger partial charge in [-0.15, -0.1) is 0 Å². The molecule has 108 valence electrons. The molecule has 5 heteroatoms. The molecule has 0 aliphatic rings. The van der Waals surface area contributed by atoms with Gasteiger partial charge in [-0.1, -0.05) is 30.7 Å². The van der Waals surface area contributed by atoms with E-state index in [9.17, 15) is 4.39 Å². The molecule has 1 atom stereocenters. The van der Waals surface area contributed by atoms with Gasteiger partial charge in [-0.25, -0.2) is 4.39 Å². The van der Waals surface area contributed by atoms with E-state index in [1.54, 1.807) is 12.1 Å². The Morgan fingerprint density at radius 3 is 2.80 bits per heavy atom. The number of hydrogen-bond donors (Lipinski definition) is 1. The Morgan fingerprint density at radius 2 is 2.15 bits per heavy atom. The summed E-state index contributed by atoms with van der Waals surface area (Å²) in [6, 6.07) is 6.69. The normalized spacial score (nSPS) is 12.7. The van der Waals surface area contributed by atoms with E-state index in [1.165, 1.54) is 6.07 Å². The summed E-state index contributed by atoms with van der Waals surface area (Å²) in [5.74, 6) is -0.386. The number of aryl methyl sites for hydroxylation is 2. The zero-order chi connectivity index (χ0) is 14.7. The van der Waals surface area contributed by atoms with Crippen LogP contribution in [0.5, 0.6) is 0 Å². The average molecular weight is 296 g/mol. The smallest absolute Gasteiger partial charge is 0.145 e. The van der Waals surface area contributed by atoms with Crippen molar-refractivity contribution in [1.82, 2.24) is 9.78 Å². The standard InChI is InChI=1S/C15H19ClFN3/c1-3-11-9-14(20(4-2)19-11)13(18)8-10-6-5-7-12(16)15(10)17/h5-7,9,13H,3-4,8,18H2,1-2H3. The highest BCUT2D eigenvalue weighted by atomic mass is 35.5. The van der Waals surface area contributed by atoms with Crippen molar-refractivity contribution in [3.8, 4) is 0 Å². The monoisotopic (exact) mass is 295 g/mol. The van der Waals surface area contributed by atoms with Crippen LogP contribution in [0.3, 0.4) is 0 Å². The number of nitrogens with zero attached hydrogens (tertiary/aromatic N) is 2. The van der Waals surface area contributed by atoms with Crippen molar-refractivity contribution in [2.24, 2.45) is 5.73 Å². The molecule has 2 rings (SSSR count). The van der Waals surface area contributed by atoms with Gasteiger partial charge in [0.05, 0.1) is 22.5 Å². The average Bonchev–Trinajstić information content (AvgIpc) is 2.87. The quantitative estimate of drug-likeness (QED) is 0.917. The van der Waals surface area contributed by atoms with Gasteiger partial charge in [0.15, 0.2) is 0 Å². The first-order valence-corrected chi connectivity index (χ1v) is 7.19. The van der Waals surface area contributed by atoms with Crippen molar-refractivity contribution < 1.29 is 4.39 Å². The highest BCUT2D eigenvalue weighted by Gasteiger charge is 2.16. The van der Waals surface area contributed by atoms with Crippen molar-refractivity contribution in [3.05, 3.63) is 52.1 Å². The van der Waals surface area contributed by atoms with Crippen LogP contribution in [0.1, 0.15) is 36.8 Å². The lowest BCUT2D eigenvalue weighted by atomic mass is 10.0. The molecule has 1 unspecified atom stereocenters. The Bertz CT molecular complexity index is 595. The Labute approximate surface area is 123 Å². The highest BCUT2D eigenvalue weighted by Crippen LogP contribution is 2.23. The molecule has 1 aromatic heterocycles. The molecule has 0 aliphatic heterocycles. The van der Waals surface area contributed by atoms with Crippen LogP contribution in [0, 0.1) is 5.82 Å². The van der Waals surface area contributed by atoms with Crippen molar-refractivity contribution in [2.75, 3.05) is 0 Å². The number of benzene rings is 1. The highest BCUT2D eigenvalue weighted by molar-refractivity contribution is 6.30. The van der Waals surface area contributed by atoms with Gasteiger partial charge in [-0.05, 0) is 37.5 Å².